The van der Waals surface area contributed by atoms with Gasteiger partial charge in [0.1, 0.15) is 4.21 Å². The molecule has 2 rings (SSSR count). The van der Waals surface area contributed by atoms with Gasteiger partial charge in [0.25, 0.3) is 0 Å². The highest BCUT2D eigenvalue weighted by Crippen LogP contribution is 2.40. The highest BCUT2D eigenvalue weighted by Gasteiger charge is 2.37. The summed E-state index contributed by atoms with van der Waals surface area (Å²) in [4.78, 5) is 0. The molecule has 1 aliphatic carbocycles. The Hall–Kier alpha value is 0.340. The molecule has 1 aromatic rings. The van der Waals surface area contributed by atoms with Gasteiger partial charge in [-0.3, -0.25) is 0 Å². The molecule has 0 atom stereocenters. The maximum absolute atomic E-state index is 12.2. The fourth-order valence-corrected chi connectivity index (χ4v) is 5.89. The summed E-state index contributed by atoms with van der Waals surface area (Å²) in [5, 5.41) is 10.9. The lowest BCUT2D eigenvalue weighted by Crippen LogP contribution is -2.46. The number of halogens is 2. The lowest BCUT2D eigenvalue weighted by atomic mass is 9.71. The quantitative estimate of drug-likeness (QED) is 0.785. The lowest BCUT2D eigenvalue weighted by Gasteiger charge is -2.40. The van der Waals surface area contributed by atoms with Gasteiger partial charge >= 0.3 is 0 Å². The molecular weight excluding hydrogens is 398 g/mol. The highest BCUT2D eigenvalue weighted by atomic mass is 79.9. The smallest absolute Gasteiger partial charge is 0.250 e. The van der Waals surface area contributed by atoms with E-state index in [0.717, 1.165) is 24.2 Å². The number of hydrogen-bond acceptors (Lipinski definition) is 4. The molecular formula is C13H19BrClNO3S2. The first-order valence-corrected chi connectivity index (χ1v) is 10.2. The average Bonchev–Trinajstić information content (AvgIpc) is 2.73. The van der Waals surface area contributed by atoms with Gasteiger partial charge in [0.15, 0.2) is 0 Å². The summed E-state index contributed by atoms with van der Waals surface area (Å²) >= 11 is 10.1. The molecule has 0 aromatic carbocycles. The van der Waals surface area contributed by atoms with E-state index in [9.17, 15) is 13.5 Å². The van der Waals surface area contributed by atoms with Gasteiger partial charge in [-0.15, -0.1) is 11.3 Å². The van der Waals surface area contributed by atoms with Crippen molar-refractivity contribution in [3.05, 3.63) is 14.9 Å². The van der Waals surface area contributed by atoms with E-state index in [-0.39, 0.29) is 16.2 Å². The normalized spacial score (nSPS) is 21.4. The summed E-state index contributed by atoms with van der Waals surface area (Å²) in [5.74, 6) is 0. The van der Waals surface area contributed by atoms with E-state index in [2.05, 4.69) is 34.5 Å². The van der Waals surface area contributed by atoms with Crippen LogP contribution in [0.4, 0.5) is 0 Å². The van der Waals surface area contributed by atoms with Gasteiger partial charge in [-0.05, 0) is 53.1 Å². The Bertz CT molecular complexity index is 598. The summed E-state index contributed by atoms with van der Waals surface area (Å²) < 4.78 is 27.7. The molecule has 2 N–H and O–H groups in total. The Morgan fingerprint density at radius 2 is 1.95 bits per heavy atom. The molecule has 120 valence electrons. The van der Waals surface area contributed by atoms with Crippen LogP contribution in [0.5, 0.6) is 0 Å². The molecule has 0 bridgehead atoms. The fourth-order valence-electron chi connectivity index (χ4n) is 2.33. The van der Waals surface area contributed by atoms with E-state index in [0.29, 0.717) is 21.7 Å². The minimum Gasteiger partial charge on any atom is -0.389 e. The molecule has 0 amide bonds. The molecule has 1 heterocycles. The third-order valence-corrected chi connectivity index (χ3v) is 8.36. The van der Waals surface area contributed by atoms with Crippen molar-refractivity contribution in [2.75, 3.05) is 6.54 Å². The molecule has 8 heteroatoms. The van der Waals surface area contributed by atoms with Gasteiger partial charge in [0, 0.05) is 6.54 Å². The number of sulfonamides is 1. The third kappa shape index (κ3) is 4.42. The van der Waals surface area contributed by atoms with Crippen molar-refractivity contribution < 1.29 is 13.5 Å². The largest absolute Gasteiger partial charge is 0.389 e. The van der Waals surface area contributed by atoms with Gasteiger partial charge in [0.2, 0.25) is 10.0 Å². The molecule has 4 nitrogen and oxygen atoms in total. The minimum atomic E-state index is -3.63. The van der Waals surface area contributed by atoms with Crippen LogP contribution >= 0.6 is 38.9 Å². The maximum atomic E-state index is 12.2. The highest BCUT2D eigenvalue weighted by molar-refractivity contribution is 9.11. The Kier molecular flexibility index (Phi) is 5.13. The average molecular weight is 417 g/mol. The first kappa shape index (κ1) is 17.7. The zero-order chi connectivity index (χ0) is 15.9. The minimum absolute atomic E-state index is 0.0402. The summed E-state index contributed by atoms with van der Waals surface area (Å²) in [6.45, 7) is 4.38. The zero-order valence-electron chi connectivity index (χ0n) is 11.9. The van der Waals surface area contributed by atoms with E-state index >= 15 is 0 Å². The van der Waals surface area contributed by atoms with Gasteiger partial charge in [-0.2, -0.15) is 0 Å². The van der Waals surface area contributed by atoms with Gasteiger partial charge in [0.05, 0.1) is 14.4 Å². The molecule has 0 saturated heterocycles. The number of rotatable bonds is 4. The van der Waals surface area contributed by atoms with Crippen molar-refractivity contribution in [2.24, 2.45) is 5.41 Å². The molecule has 1 fully saturated rings. The second-order valence-corrected chi connectivity index (χ2v) is 11.2. The monoisotopic (exact) mass is 415 g/mol. The van der Waals surface area contributed by atoms with Crippen molar-refractivity contribution in [1.29, 1.82) is 0 Å². The zero-order valence-corrected chi connectivity index (χ0v) is 15.9. The van der Waals surface area contributed by atoms with E-state index in [1.54, 1.807) is 0 Å². The summed E-state index contributed by atoms with van der Waals surface area (Å²) in [7, 11) is -3.63. The van der Waals surface area contributed by atoms with Crippen LogP contribution in [0.3, 0.4) is 0 Å². The van der Waals surface area contributed by atoms with Gasteiger partial charge < -0.3 is 5.11 Å². The first-order valence-electron chi connectivity index (χ1n) is 6.70. The van der Waals surface area contributed by atoms with Crippen molar-refractivity contribution in [3.8, 4) is 0 Å². The molecule has 0 spiro atoms. The van der Waals surface area contributed by atoms with Crippen molar-refractivity contribution in [2.45, 2.75) is 49.3 Å². The van der Waals surface area contributed by atoms with Crippen LogP contribution in [-0.4, -0.2) is 25.7 Å². The van der Waals surface area contributed by atoms with Crippen molar-refractivity contribution in [1.82, 2.24) is 4.72 Å². The Morgan fingerprint density at radius 3 is 2.43 bits per heavy atom. The molecule has 1 saturated carbocycles. The van der Waals surface area contributed by atoms with Gasteiger partial charge in [-0.1, -0.05) is 25.4 Å². The van der Waals surface area contributed by atoms with Crippen LogP contribution < -0.4 is 4.72 Å². The Balaban J connectivity index is 2.02. The topological polar surface area (TPSA) is 66.4 Å². The van der Waals surface area contributed by atoms with Gasteiger partial charge in [-0.25, -0.2) is 13.1 Å². The predicted molar refractivity (Wildman–Crippen MR) is 89.4 cm³/mol. The Morgan fingerprint density at radius 1 is 1.38 bits per heavy atom. The van der Waals surface area contributed by atoms with Crippen molar-refractivity contribution in [3.63, 3.8) is 0 Å². The fraction of sp³-hybridized carbons (Fsp3) is 0.692. The van der Waals surface area contributed by atoms with Crippen LogP contribution in [0.2, 0.25) is 5.02 Å². The first-order chi connectivity index (χ1) is 9.53. The molecule has 0 radical (unpaired) electrons. The number of thiophene rings is 1. The van der Waals surface area contributed by atoms with E-state index in [1.807, 2.05) is 0 Å². The summed E-state index contributed by atoms with van der Waals surface area (Å²) in [5.41, 5.74) is -0.738. The van der Waals surface area contributed by atoms with E-state index in [1.165, 1.54) is 6.07 Å². The van der Waals surface area contributed by atoms with Crippen LogP contribution in [0.1, 0.15) is 39.5 Å². The second kappa shape index (κ2) is 6.09. The van der Waals surface area contributed by atoms with Crippen LogP contribution in [0.25, 0.3) is 0 Å². The van der Waals surface area contributed by atoms with E-state index < -0.39 is 15.6 Å². The molecule has 21 heavy (non-hydrogen) atoms. The van der Waals surface area contributed by atoms with E-state index in [4.69, 9.17) is 11.6 Å². The van der Waals surface area contributed by atoms with Crippen LogP contribution in [0, 0.1) is 5.41 Å². The Labute approximate surface area is 143 Å². The second-order valence-electron chi connectivity index (χ2n) is 6.40. The standard InChI is InChI=1S/C13H19BrClNO3S2/c1-12(2)3-5-13(17,6-4-12)8-16-21(18,19)10-7-9(15)11(14)20-10/h7,16-17H,3-6,8H2,1-2H3. The maximum Gasteiger partial charge on any atom is 0.250 e. The molecule has 0 aliphatic heterocycles. The number of nitrogens with one attached hydrogen (secondary N) is 1. The SMILES string of the molecule is CC1(C)CCC(O)(CNS(=O)(=O)c2cc(Cl)c(Br)s2)CC1. The summed E-state index contributed by atoms with van der Waals surface area (Å²) in [6, 6.07) is 1.41. The van der Waals surface area contributed by atoms with Crippen LogP contribution in [0.15, 0.2) is 14.1 Å². The molecule has 0 unspecified atom stereocenters. The lowest BCUT2D eigenvalue weighted by molar-refractivity contribution is -0.0205. The van der Waals surface area contributed by atoms with Crippen molar-refractivity contribution >= 4 is 48.9 Å². The predicted octanol–water partition coefficient (Wildman–Crippen LogP) is 3.77. The number of aliphatic hydroxyl groups is 1. The molecule has 1 aliphatic rings. The molecule has 1 aromatic heterocycles. The third-order valence-electron chi connectivity index (χ3n) is 4.01. The van der Waals surface area contributed by atoms with Crippen LogP contribution in [-0.2, 0) is 10.0 Å². The number of hydrogen-bond donors (Lipinski definition) is 2. The summed E-state index contributed by atoms with van der Waals surface area (Å²) in [6.07, 6.45) is 3.00.